The van der Waals surface area contributed by atoms with Crippen LogP contribution in [0.4, 0.5) is 5.69 Å². The van der Waals surface area contributed by atoms with Gasteiger partial charge in [-0.25, -0.2) is 4.79 Å². The number of anilines is 1. The molecule has 1 N–H and O–H groups in total. The Hall–Kier alpha value is -2.30. The minimum absolute atomic E-state index is 0.343. The van der Waals surface area contributed by atoms with Crippen molar-refractivity contribution in [3.8, 4) is 0 Å². The van der Waals surface area contributed by atoms with Gasteiger partial charge in [-0.1, -0.05) is 53.5 Å². The quantitative estimate of drug-likeness (QED) is 0.624. The Morgan fingerprint density at radius 1 is 1.12 bits per heavy atom. The highest BCUT2D eigenvalue weighted by atomic mass is 35.5. The molecule has 0 saturated heterocycles. The van der Waals surface area contributed by atoms with E-state index in [1.807, 2.05) is 30.3 Å². The van der Waals surface area contributed by atoms with Gasteiger partial charge in [-0.15, -0.1) is 0 Å². The third-order valence-electron chi connectivity index (χ3n) is 3.06. The summed E-state index contributed by atoms with van der Waals surface area (Å²) >= 11 is 11.8. The lowest BCUT2D eigenvalue weighted by atomic mass is 10.2. The molecule has 124 valence electrons. The molecular formula is C18H15Cl2NO3. The van der Waals surface area contributed by atoms with Gasteiger partial charge >= 0.3 is 5.97 Å². The van der Waals surface area contributed by atoms with Crippen LogP contribution in [0.1, 0.15) is 12.5 Å². The van der Waals surface area contributed by atoms with Crippen molar-refractivity contribution in [2.75, 3.05) is 5.32 Å². The van der Waals surface area contributed by atoms with Gasteiger partial charge in [0.25, 0.3) is 5.91 Å². The summed E-state index contributed by atoms with van der Waals surface area (Å²) in [6.45, 7) is 1.47. The Kier molecular flexibility index (Phi) is 6.41. The van der Waals surface area contributed by atoms with Crippen molar-refractivity contribution in [3.63, 3.8) is 0 Å². The van der Waals surface area contributed by atoms with Crippen molar-refractivity contribution < 1.29 is 14.3 Å². The third-order valence-corrected chi connectivity index (χ3v) is 3.62. The highest BCUT2D eigenvalue weighted by molar-refractivity contribution is 6.35. The summed E-state index contributed by atoms with van der Waals surface area (Å²) in [5.41, 5.74) is 1.22. The van der Waals surface area contributed by atoms with Crippen molar-refractivity contribution >= 4 is 46.8 Å². The molecule has 0 unspecified atom stereocenters. The SMILES string of the molecule is C[C@@H](OC(=O)/C=C/c1ccccc1)C(=O)Nc1cc(Cl)ccc1Cl. The van der Waals surface area contributed by atoms with Crippen LogP contribution in [0.25, 0.3) is 6.08 Å². The van der Waals surface area contributed by atoms with E-state index in [9.17, 15) is 9.59 Å². The molecule has 0 saturated carbocycles. The number of hydrogen-bond acceptors (Lipinski definition) is 3. The standard InChI is InChI=1S/C18H15Cl2NO3/c1-12(18(23)21-16-11-14(19)8-9-15(16)20)24-17(22)10-7-13-5-3-2-4-6-13/h2-12H,1H3,(H,21,23)/b10-7+/t12-/m1/s1. The van der Waals surface area contributed by atoms with E-state index in [0.29, 0.717) is 15.7 Å². The second kappa shape index (κ2) is 8.52. The normalized spacial score (nSPS) is 12.0. The highest BCUT2D eigenvalue weighted by Gasteiger charge is 2.17. The van der Waals surface area contributed by atoms with Crippen LogP contribution in [-0.4, -0.2) is 18.0 Å². The van der Waals surface area contributed by atoms with Crippen LogP contribution in [0, 0.1) is 0 Å². The van der Waals surface area contributed by atoms with E-state index >= 15 is 0 Å². The van der Waals surface area contributed by atoms with Gasteiger partial charge in [0.2, 0.25) is 0 Å². The lowest BCUT2D eigenvalue weighted by Crippen LogP contribution is -2.29. The Labute approximate surface area is 150 Å². The summed E-state index contributed by atoms with van der Waals surface area (Å²) in [7, 11) is 0. The highest BCUT2D eigenvalue weighted by Crippen LogP contribution is 2.25. The van der Waals surface area contributed by atoms with Crippen molar-refractivity contribution in [2.45, 2.75) is 13.0 Å². The van der Waals surface area contributed by atoms with Crippen molar-refractivity contribution in [1.82, 2.24) is 0 Å². The minimum atomic E-state index is -0.979. The van der Waals surface area contributed by atoms with Crippen molar-refractivity contribution in [2.24, 2.45) is 0 Å². The topological polar surface area (TPSA) is 55.4 Å². The van der Waals surface area contributed by atoms with E-state index in [4.69, 9.17) is 27.9 Å². The molecule has 4 nitrogen and oxygen atoms in total. The predicted molar refractivity (Wildman–Crippen MR) is 96.1 cm³/mol. The van der Waals surface area contributed by atoms with Gasteiger partial charge in [-0.3, -0.25) is 4.79 Å². The van der Waals surface area contributed by atoms with Gasteiger partial charge in [0, 0.05) is 11.1 Å². The number of esters is 1. The second-order valence-electron chi connectivity index (χ2n) is 4.94. The van der Waals surface area contributed by atoms with E-state index in [1.165, 1.54) is 19.1 Å². The zero-order chi connectivity index (χ0) is 17.5. The average molecular weight is 364 g/mol. The van der Waals surface area contributed by atoms with Gasteiger partial charge in [0.1, 0.15) is 0 Å². The van der Waals surface area contributed by atoms with Gasteiger partial charge in [0.05, 0.1) is 10.7 Å². The first-order chi connectivity index (χ1) is 11.5. The monoisotopic (exact) mass is 363 g/mol. The number of nitrogens with one attached hydrogen (secondary N) is 1. The van der Waals surface area contributed by atoms with Gasteiger partial charge < -0.3 is 10.1 Å². The Bertz CT molecular complexity index is 760. The van der Waals surface area contributed by atoms with Crippen LogP contribution >= 0.6 is 23.2 Å². The molecule has 1 amide bonds. The number of carbonyl (C=O) groups excluding carboxylic acids is 2. The zero-order valence-corrected chi connectivity index (χ0v) is 14.3. The molecule has 24 heavy (non-hydrogen) atoms. The van der Waals surface area contributed by atoms with Crippen LogP contribution in [0.3, 0.4) is 0 Å². The zero-order valence-electron chi connectivity index (χ0n) is 12.8. The fraction of sp³-hybridized carbons (Fsp3) is 0.111. The maximum atomic E-state index is 12.1. The smallest absolute Gasteiger partial charge is 0.331 e. The maximum Gasteiger partial charge on any atom is 0.331 e. The number of hydrogen-bond donors (Lipinski definition) is 1. The summed E-state index contributed by atoms with van der Waals surface area (Å²) in [5, 5.41) is 3.35. The molecule has 0 heterocycles. The van der Waals surface area contributed by atoms with E-state index in [2.05, 4.69) is 5.32 Å². The molecule has 0 aliphatic carbocycles. The second-order valence-corrected chi connectivity index (χ2v) is 5.78. The van der Waals surface area contributed by atoms with E-state index < -0.39 is 18.0 Å². The number of benzene rings is 2. The van der Waals surface area contributed by atoms with E-state index in [-0.39, 0.29) is 0 Å². The molecule has 6 heteroatoms. The molecule has 0 bridgehead atoms. The predicted octanol–water partition coefficient (Wildman–Crippen LogP) is 4.58. The lowest BCUT2D eigenvalue weighted by molar-refractivity contribution is -0.148. The summed E-state index contributed by atoms with van der Waals surface area (Å²) in [5.74, 6) is -1.11. The number of rotatable bonds is 5. The van der Waals surface area contributed by atoms with Gasteiger partial charge in [0.15, 0.2) is 6.10 Å². The number of halogens is 2. The van der Waals surface area contributed by atoms with Crippen LogP contribution in [0.5, 0.6) is 0 Å². The molecule has 0 aromatic heterocycles. The molecule has 0 aliphatic heterocycles. The minimum Gasteiger partial charge on any atom is -0.449 e. The molecule has 0 aliphatic rings. The van der Waals surface area contributed by atoms with Crippen LogP contribution < -0.4 is 5.32 Å². The van der Waals surface area contributed by atoms with Gasteiger partial charge in [-0.05, 0) is 36.8 Å². The number of carbonyl (C=O) groups is 2. The molecule has 0 fully saturated rings. The first-order valence-electron chi connectivity index (χ1n) is 7.15. The van der Waals surface area contributed by atoms with Crippen molar-refractivity contribution in [1.29, 1.82) is 0 Å². The fourth-order valence-electron chi connectivity index (χ4n) is 1.82. The third kappa shape index (κ3) is 5.41. The number of ether oxygens (including phenoxy) is 1. The molecule has 0 radical (unpaired) electrons. The summed E-state index contributed by atoms with van der Waals surface area (Å²) in [6, 6.07) is 14.0. The average Bonchev–Trinajstić information content (AvgIpc) is 2.57. The Morgan fingerprint density at radius 3 is 2.54 bits per heavy atom. The first kappa shape index (κ1) is 18.0. The Morgan fingerprint density at radius 2 is 1.83 bits per heavy atom. The number of amides is 1. The van der Waals surface area contributed by atoms with Crippen LogP contribution in [-0.2, 0) is 14.3 Å². The fourth-order valence-corrected chi connectivity index (χ4v) is 2.16. The summed E-state index contributed by atoms with van der Waals surface area (Å²) in [6.07, 6.45) is 1.90. The lowest BCUT2D eigenvalue weighted by Gasteiger charge is -2.13. The summed E-state index contributed by atoms with van der Waals surface area (Å²) < 4.78 is 5.06. The molecule has 2 aromatic rings. The first-order valence-corrected chi connectivity index (χ1v) is 7.91. The molecule has 0 spiro atoms. The van der Waals surface area contributed by atoms with Crippen LogP contribution in [0.2, 0.25) is 10.0 Å². The molecular weight excluding hydrogens is 349 g/mol. The maximum absolute atomic E-state index is 12.1. The molecule has 2 aromatic carbocycles. The van der Waals surface area contributed by atoms with E-state index in [0.717, 1.165) is 5.56 Å². The molecule has 1 atom stereocenters. The van der Waals surface area contributed by atoms with Crippen molar-refractivity contribution in [3.05, 3.63) is 70.2 Å². The van der Waals surface area contributed by atoms with Gasteiger partial charge in [-0.2, -0.15) is 0 Å². The largest absolute Gasteiger partial charge is 0.449 e. The van der Waals surface area contributed by atoms with Crippen LogP contribution in [0.15, 0.2) is 54.6 Å². The van der Waals surface area contributed by atoms with E-state index in [1.54, 1.807) is 18.2 Å². The Balaban J connectivity index is 1.92. The molecule has 2 rings (SSSR count). The summed E-state index contributed by atoms with van der Waals surface area (Å²) in [4.78, 5) is 23.8.